The number of piperidine rings is 1. The van der Waals surface area contributed by atoms with E-state index in [1.807, 2.05) is 90.9 Å². The summed E-state index contributed by atoms with van der Waals surface area (Å²) in [7, 11) is 8.51. The molecule has 3 rings (SSSR count). The molecule has 72 heavy (non-hydrogen) atoms. The van der Waals surface area contributed by atoms with Crippen LogP contribution in [0.3, 0.4) is 0 Å². The number of nitrogens with zero attached hydrogens (tertiary/aromatic N) is 3. The second-order valence-corrected chi connectivity index (χ2v) is 20.6. The Kier molecular flexibility index (Phi) is 28.1. The molecule has 2 aliphatic rings. The van der Waals surface area contributed by atoms with E-state index in [2.05, 4.69) is 31.9 Å². The monoisotopic (exact) mass is 1020 g/mol. The van der Waals surface area contributed by atoms with Gasteiger partial charge in [-0.3, -0.25) is 28.9 Å². The van der Waals surface area contributed by atoms with Gasteiger partial charge in [-0.15, -0.1) is 0 Å². The number of urea groups is 1. The Morgan fingerprint density at radius 2 is 1.40 bits per heavy atom. The van der Waals surface area contributed by atoms with Crippen molar-refractivity contribution in [3.63, 3.8) is 0 Å². The average Bonchev–Trinajstić information content (AvgIpc) is 3.84. The average molecular weight is 1020 g/mol. The molecule has 2 aliphatic heterocycles. The summed E-state index contributed by atoms with van der Waals surface area (Å²) in [5.74, 6) is -1.88. The third-order valence-electron chi connectivity index (χ3n) is 14.3. The lowest BCUT2D eigenvalue weighted by atomic mass is 9.89. The second-order valence-electron chi connectivity index (χ2n) is 20.6. The molecule has 2 heterocycles. The molecule has 2 fully saturated rings. The first-order chi connectivity index (χ1) is 34.4. The zero-order valence-electron chi connectivity index (χ0n) is 45.8. The first-order valence-electron chi connectivity index (χ1n) is 26.4. The van der Waals surface area contributed by atoms with Gasteiger partial charge < -0.3 is 60.6 Å². The molecule has 0 saturated carbocycles. The van der Waals surface area contributed by atoms with Crippen LogP contribution >= 0.6 is 0 Å². The topological polar surface area (TPSA) is 221 Å². The number of amides is 7. The summed E-state index contributed by atoms with van der Waals surface area (Å²) in [6.45, 7) is 18.5. The predicted octanol–water partition coefficient (Wildman–Crippen LogP) is 2.81. The number of likely N-dealkylation sites (tertiary alicyclic amines) is 1. The Hall–Kier alpha value is -4.40. The van der Waals surface area contributed by atoms with Gasteiger partial charge in [-0.25, -0.2) is 4.79 Å². The van der Waals surface area contributed by atoms with Crippen molar-refractivity contribution in [2.24, 2.45) is 29.6 Å². The van der Waals surface area contributed by atoms with Gasteiger partial charge >= 0.3 is 6.03 Å². The summed E-state index contributed by atoms with van der Waals surface area (Å²) < 4.78 is 23.4. The van der Waals surface area contributed by atoms with Crippen LogP contribution in [0.2, 0.25) is 0 Å². The van der Waals surface area contributed by atoms with E-state index < -0.39 is 48.3 Å². The first-order valence-corrected chi connectivity index (χ1v) is 26.4. The van der Waals surface area contributed by atoms with Gasteiger partial charge in [0.05, 0.1) is 69.1 Å². The number of carbonyl (C=O) groups excluding carboxylic acids is 6. The fourth-order valence-corrected chi connectivity index (χ4v) is 10.1. The van der Waals surface area contributed by atoms with Gasteiger partial charge in [0.2, 0.25) is 29.5 Å². The molecule has 9 atom stereocenters. The molecule has 0 aliphatic carbocycles. The Morgan fingerprint density at radius 1 is 0.764 bits per heavy atom. The zero-order valence-corrected chi connectivity index (χ0v) is 45.8. The minimum absolute atomic E-state index is 0.0159. The number of methoxy groups -OCH3 is 2. The first kappa shape index (κ1) is 61.9. The highest BCUT2D eigenvalue weighted by molar-refractivity contribution is 5.91. The highest BCUT2D eigenvalue weighted by Crippen LogP contribution is 2.30. The summed E-state index contributed by atoms with van der Waals surface area (Å²) in [6, 6.07) is 6.21. The Morgan fingerprint density at radius 3 is 1.97 bits per heavy atom. The lowest BCUT2D eigenvalue weighted by molar-refractivity contribution is -0.148. The maximum Gasteiger partial charge on any atom is 0.314 e. The molecule has 6 N–H and O–H groups in total. The predicted molar refractivity (Wildman–Crippen MR) is 279 cm³/mol. The molecular weight excluding hydrogens is 923 g/mol. The number of hydrogen-bond donors (Lipinski definition) is 6. The van der Waals surface area contributed by atoms with Crippen molar-refractivity contribution >= 4 is 35.6 Å². The Bertz CT molecular complexity index is 1780. The van der Waals surface area contributed by atoms with Crippen molar-refractivity contribution in [1.29, 1.82) is 0 Å². The largest absolute Gasteiger partial charge is 0.379 e. The molecule has 0 spiro atoms. The number of ether oxygens (including phenoxy) is 4. The van der Waals surface area contributed by atoms with Crippen LogP contribution in [-0.4, -0.2) is 194 Å². The quantitative estimate of drug-likeness (QED) is 0.0575. The summed E-state index contributed by atoms with van der Waals surface area (Å²) in [5.41, 5.74) is 0.868. The van der Waals surface area contributed by atoms with Crippen molar-refractivity contribution in [2.45, 2.75) is 136 Å². The normalized spacial score (nSPS) is 18.7. The van der Waals surface area contributed by atoms with Crippen molar-refractivity contribution in [3.8, 4) is 0 Å². The fraction of sp³-hybridized carbons (Fsp3) is 0.774. The van der Waals surface area contributed by atoms with E-state index in [9.17, 15) is 28.8 Å². The van der Waals surface area contributed by atoms with Crippen LogP contribution < -0.4 is 31.9 Å². The van der Waals surface area contributed by atoms with Gasteiger partial charge in [0.1, 0.15) is 12.1 Å². The van der Waals surface area contributed by atoms with E-state index in [1.54, 1.807) is 30.9 Å². The van der Waals surface area contributed by atoms with Gasteiger partial charge in [0, 0.05) is 53.9 Å². The van der Waals surface area contributed by atoms with E-state index in [0.29, 0.717) is 64.6 Å². The molecule has 0 aromatic heterocycles. The van der Waals surface area contributed by atoms with E-state index >= 15 is 0 Å². The summed E-state index contributed by atoms with van der Waals surface area (Å²) in [5, 5.41) is 18.0. The Balaban J connectivity index is 1.60. The third-order valence-corrected chi connectivity index (χ3v) is 14.3. The molecule has 19 heteroatoms. The van der Waals surface area contributed by atoms with Crippen LogP contribution in [0.1, 0.15) is 92.6 Å². The fourth-order valence-electron chi connectivity index (χ4n) is 10.1. The molecule has 1 aromatic carbocycles. The minimum atomic E-state index is -0.901. The summed E-state index contributed by atoms with van der Waals surface area (Å²) in [4.78, 5) is 87.6. The van der Waals surface area contributed by atoms with Crippen molar-refractivity contribution in [3.05, 3.63) is 35.9 Å². The highest BCUT2D eigenvalue weighted by Gasteiger charge is 2.43. The molecule has 0 bridgehead atoms. The van der Waals surface area contributed by atoms with Crippen LogP contribution in [0.4, 0.5) is 4.79 Å². The van der Waals surface area contributed by atoms with Gasteiger partial charge in [-0.2, -0.15) is 0 Å². The standard InChI is InChI=1S/C53H93N9O10/c1-13-37(6)47(61(10)52(67)45(35(2)3)59-51(66)46(36(4)5)60(8)9)43(69-11)33-44(63)62-27-17-20-42(62)48(70-12)38(7)49(64)58-41(32-39-18-15-14-16-19-39)50(65)55-25-28-71-30-31-72-29-26-56-53(68)57-34-40-21-23-54-24-22-40/h14-16,18-19,35-38,40-43,45-48,54H,13,17,20-34H2,1-12H3,(H,55,65)(H,58,64)(H,59,66)(H2,56,57,68)/t37-,38+,41+,42-,43+,45-,46-,47-,48+/m0/s1. The molecule has 1 aromatic rings. The SMILES string of the molecule is CC[C@H](C)[C@@H]([C@@H](CC(=O)N1CCC[C@H]1[C@H](OC)[C@@H](C)C(=O)N[C@H](Cc1ccccc1)C(=O)NCCOCCOCCNC(=O)NCC1CCNCC1)OC)N(C)C(=O)[C@@H](NC(=O)[C@H](C(C)C)N(C)C)C(C)C. The van der Waals surface area contributed by atoms with Gasteiger partial charge in [-0.1, -0.05) is 85.2 Å². The molecule has 0 radical (unpaired) electrons. The number of carbonyl (C=O) groups is 6. The minimum Gasteiger partial charge on any atom is -0.379 e. The summed E-state index contributed by atoms with van der Waals surface area (Å²) >= 11 is 0. The molecule has 2 saturated heterocycles. The lowest BCUT2D eigenvalue weighted by Gasteiger charge is -2.41. The van der Waals surface area contributed by atoms with Crippen LogP contribution in [0.25, 0.3) is 0 Å². The summed E-state index contributed by atoms with van der Waals surface area (Å²) in [6.07, 6.45) is 3.03. The zero-order chi connectivity index (χ0) is 53.3. The van der Waals surface area contributed by atoms with Crippen LogP contribution in [-0.2, 0) is 49.3 Å². The lowest BCUT2D eigenvalue weighted by Crippen LogP contribution is -2.59. The molecular formula is C53H93N9O10. The van der Waals surface area contributed by atoms with Crippen molar-refractivity contribution < 1.29 is 47.7 Å². The molecule has 19 nitrogen and oxygen atoms in total. The second kappa shape index (κ2) is 32.7. The number of hydrogen-bond acceptors (Lipinski definition) is 12. The smallest absolute Gasteiger partial charge is 0.314 e. The van der Waals surface area contributed by atoms with E-state index in [-0.39, 0.29) is 79.3 Å². The maximum absolute atomic E-state index is 14.5. The van der Waals surface area contributed by atoms with Crippen LogP contribution in [0.15, 0.2) is 30.3 Å². The van der Waals surface area contributed by atoms with Crippen molar-refractivity contribution in [2.75, 3.05) is 101 Å². The van der Waals surface area contributed by atoms with E-state index in [4.69, 9.17) is 18.9 Å². The highest BCUT2D eigenvalue weighted by atomic mass is 16.5. The van der Waals surface area contributed by atoms with Crippen molar-refractivity contribution in [1.82, 2.24) is 46.6 Å². The molecule has 7 amide bonds. The number of rotatable bonds is 32. The number of likely N-dealkylation sites (N-methyl/N-ethyl adjacent to an activating group) is 2. The molecule has 0 unspecified atom stereocenters. The Labute approximate surface area is 431 Å². The maximum atomic E-state index is 14.5. The van der Waals surface area contributed by atoms with E-state index in [1.165, 1.54) is 7.11 Å². The van der Waals surface area contributed by atoms with Gasteiger partial charge in [0.15, 0.2) is 0 Å². The molecule has 410 valence electrons. The van der Waals surface area contributed by atoms with E-state index in [0.717, 1.165) is 31.5 Å². The van der Waals surface area contributed by atoms with Crippen LogP contribution in [0, 0.1) is 29.6 Å². The third kappa shape index (κ3) is 19.8. The number of nitrogens with one attached hydrogen (secondary N) is 6. The van der Waals surface area contributed by atoms with Crippen LogP contribution in [0.5, 0.6) is 0 Å². The van der Waals surface area contributed by atoms with Gasteiger partial charge in [-0.05, 0) is 82.1 Å². The number of benzene rings is 1. The van der Waals surface area contributed by atoms with Gasteiger partial charge in [0.25, 0.3) is 0 Å².